The highest BCUT2D eigenvalue weighted by Gasteiger charge is 2.22. The summed E-state index contributed by atoms with van der Waals surface area (Å²) in [6, 6.07) is 14.7. The number of rotatable bonds is 6. The summed E-state index contributed by atoms with van der Waals surface area (Å²) in [5.74, 6) is -0.250. The van der Waals surface area contributed by atoms with Gasteiger partial charge in [0.05, 0.1) is 21.3 Å². The van der Waals surface area contributed by atoms with Crippen LogP contribution in [0.1, 0.15) is 42.2 Å². The number of aromatic nitrogens is 3. The molecule has 2 heterocycles. The molecule has 7 nitrogen and oxygen atoms in total. The van der Waals surface area contributed by atoms with Crippen molar-refractivity contribution in [2.45, 2.75) is 32.2 Å². The Balaban J connectivity index is 1.48. The van der Waals surface area contributed by atoms with Crippen molar-refractivity contribution in [1.29, 1.82) is 0 Å². The normalized spacial score (nSPS) is 12.1. The molecular formula is C24H25N5O2S. The number of hydrogen-bond donors (Lipinski definition) is 2. The van der Waals surface area contributed by atoms with E-state index >= 15 is 0 Å². The van der Waals surface area contributed by atoms with Gasteiger partial charge in [-0.15, -0.1) is 11.3 Å². The van der Waals surface area contributed by atoms with E-state index < -0.39 is 11.8 Å². The quantitative estimate of drug-likeness (QED) is 0.434. The molecule has 0 fully saturated rings. The van der Waals surface area contributed by atoms with Crippen LogP contribution in [0.4, 0.5) is 5.69 Å². The van der Waals surface area contributed by atoms with Gasteiger partial charge < -0.3 is 15.2 Å². The molecule has 0 aliphatic heterocycles. The molecule has 8 heteroatoms. The van der Waals surface area contributed by atoms with Crippen molar-refractivity contribution < 1.29 is 9.59 Å². The molecule has 4 rings (SSSR count). The van der Waals surface area contributed by atoms with Gasteiger partial charge in [0, 0.05) is 37.5 Å². The number of nitrogens with one attached hydrogen (secondary N) is 2. The number of carbonyl (C=O) groups is 2. The van der Waals surface area contributed by atoms with Gasteiger partial charge in [0.1, 0.15) is 5.82 Å². The Hall–Kier alpha value is -3.52. The highest BCUT2D eigenvalue weighted by Crippen LogP contribution is 2.29. The minimum atomic E-state index is -0.710. The summed E-state index contributed by atoms with van der Waals surface area (Å²) in [5, 5.41) is 6.61. The second-order valence-electron chi connectivity index (χ2n) is 7.94. The molecule has 0 radical (unpaired) electrons. The summed E-state index contributed by atoms with van der Waals surface area (Å²) in [6.45, 7) is 4.19. The average molecular weight is 448 g/mol. The first kappa shape index (κ1) is 21.7. The molecule has 0 saturated heterocycles. The number of thiazole rings is 1. The molecule has 4 aromatic rings. The third-order valence-corrected chi connectivity index (χ3v) is 6.50. The van der Waals surface area contributed by atoms with E-state index in [0.717, 1.165) is 26.6 Å². The Bertz CT molecular complexity index is 1250. The number of anilines is 1. The summed E-state index contributed by atoms with van der Waals surface area (Å²) in [7, 11) is 1.90. The smallest absolute Gasteiger partial charge is 0.313 e. The van der Waals surface area contributed by atoms with Crippen LogP contribution in [0.25, 0.3) is 10.2 Å². The van der Waals surface area contributed by atoms with Crippen molar-refractivity contribution >= 4 is 39.1 Å². The summed E-state index contributed by atoms with van der Waals surface area (Å²) in [5.41, 5.74) is 2.36. The van der Waals surface area contributed by atoms with Crippen LogP contribution in [0.2, 0.25) is 0 Å². The van der Waals surface area contributed by atoms with Crippen LogP contribution in [0.15, 0.2) is 60.9 Å². The number of amides is 2. The maximum absolute atomic E-state index is 12.7. The van der Waals surface area contributed by atoms with Crippen LogP contribution in [-0.2, 0) is 23.1 Å². The largest absolute Gasteiger partial charge is 0.341 e. The number of carbonyl (C=O) groups excluding carboxylic acids is 2. The molecule has 0 spiro atoms. The SMILES string of the molecule is CC(C)c1nc2ccc(NC(=O)C(=O)N[C@H](Cc3nccn3C)c3ccccc3)cc2s1. The minimum Gasteiger partial charge on any atom is -0.341 e. The van der Waals surface area contributed by atoms with Gasteiger partial charge in [0.2, 0.25) is 0 Å². The van der Waals surface area contributed by atoms with Crippen LogP contribution >= 0.6 is 11.3 Å². The number of imidazole rings is 1. The van der Waals surface area contributed by atoms with E-state index in [4.69, 9.17) is 0 Å². The molecule has 0 unspecified atom stereocenters. The van der Waals surface area contributed by atoms with Gasteiger partial charge >= 0.3 is 11.8 Å². The Morgan fingerprint density at radius 3 is 2.56 bits per heavy atom. The number of hydrogen-bond acceptors (Lipinski definition) is 5. The van der Waals surface area contributed by atoms with Crippen molar-refractivity contribution in [3.8, 4) is 0 Å². The fourth-order valence-electron chi connectivity index (χ4n) is 3.39. The van der Waals surface area contributed by atoms with Gasteiger partial charge in [-0.3, -0.25) is 9.59 Å². The molecule has 0 aliphatic rings. The van der Waals surface area contributed by atoms with Crippen LogP contribution < -0.4 is 10.6 Å². The number of fused-ring (bicyclic) bond motifs is 1. The van der Waals surface area contributed by atoms with E-state index in [2.05, 4.69) is 34.4 Å². The van der Waals surface area contributed by atoms with Crippen molar-refractivity contribution in [2.24, 2.45) is 7.05 Å². The highest BCUT2D eigenvalue weighted by atomic mass is 32.1. The van der Waals surface area contributed by atoms with Crippen molar-refractivity contribution in [1.82, 2.24) is 19.9 Å². The predicted octanol–water partition coefficient (Wildman–Crippen LogP) is 4.19. The molecule has 164 valence electrons. The molecule has 2 N–H and O–H groups in total. The van der Waals surface area contributed by atoms with Crippen LogP contribution in [0.5, 0.6) is 0 Å². The fraction of sp³-hybridized carbons (Fsp3) is 0.250. The fourth-order valence-corrected chi connectivity index (χ4v) is 4.40. The molecular weight excluding hydrogens is 422 g/mol. The zero-order chi connectivity index (χ0) is 22.7. The minimum absolute atomic E-state index is 0.338. The van der Waals surface area contributed by atoms with Gasteiger partial charge in [-0.25, -0.2) is 9.97 Å². The lowest BCUT2D eigenvalue weighted by molar-refractivity contribution is -0.136. The Morgan fingerprint density at radius 1 is 1.09 bits per heavy atom. The number of aryl methyl sites for hydroxylation is 1. The van der Waals surface area contributed by atoms with E-state index in [1.165, 1.54) is 0 Å². The maximum Gasteiger partial charge on any atom is 0.313 e. The Morgan fingerprint density at radius 2 is 1.88 bits per heavy atom. The monoisotopic (exact) mass is 447 g/mol. The molecule has 1 atom stereocenters. The van der Waals surface area contributed by atoms with Crippen molar-refractivity contribution in [2.75, 3.05) is 5.32 Å². The van der Waals surface area contributed by atoms with Crippen LogP contribution in [-0.4, -0.2) is 26.3 Å². The Labute approximate surface area is 190 Å². The van der Waals surface area contributed by atoms with Crippen LogP contribution in [0, 0.1) is 0 Å². The lowest BCUT2D eigenvalue weighted by atomic mass is 10.0. The predicted molar refractivity (Wildman–Crippen MR) is 127 cm³/mol. The first-order valence-electron chi connectivity index (χ1n) is 10.4. The molecule has 0 aliphatic carbocycles. The molecule has 2 aromatic carbocycles. The topological polar surface area (TPSA) is 88.9 Å². The first-order valence-corrected chi connectivity index (χ1v) is 11.3. The molecule has 2 aromatic heterocycles. The van der Waals surface area contributed by atoms with Gasteiger partial charge in [-0.1, -0.05) is 44.2 Å². The standard InChI is InChI=1S/C24H25N5O2S/c1-15(2)24-28-18-10-9-17(13-20(18)32-24)26-22(30)23(31)27-19(16-7-5-4-6-8-16)14-21-25-11-12-29(21)3/h4-13,15,19H,14H2,1-3H3,(H,26,30)(H,27,31)/t19-/m1/s1. The third-order valence-electron chi connectivity index (χ3n) is 5.18. The molecule has 0 saturated carbocycles. The van der Waals surface area contributed by atoms with E-state index in [-0.39, 0.29) is 6.04 Å². The second-order valence-corrected chi connectivity index (χ2v) is 9.00. The highest BCUT2D eigenvalue weighted by molar-refractivity contribution is 7.18. The second kappa shape index (κ2) is 9.32. The summed E-state index contributed by atoms with van der Waals surface area (Å²) in [4.78, 5) is 34.3. The summed E-state index contributed by atoms with van der Waals surface area (Å²) >= 11 is 1.59. The average Bonchev–Trinajstić information content (AvgIpc) is 3.39. The number of benzene rings is 2. The van der Waals surface area contributed by atoms with Gasteiger partial charge in [-0.05, 0) is 23.8 Å². The third kappa shape index (κ3) is 4.86. The lowest BCUT2D eigenvalue weighted by Crippen LogP contribution is -2.38. The van der Waals surface area contributed by atoms with Crippen LogP contribution in [0.3, 0.4) is 0 Å². The first-order chi connectivity index (χ1) is 15.4. The zero-order valence-corrected chi connectivity index (χ0v) is 19.0. The van der Waals surface area contributed by atoms with E-state index in [9.17, 15) is 9.59 Å². The molecule has 2 amide bonds. The Kier molecular flexibility index (Phi) is 6.32. The van der Waals surface area contributed by atoms with Crippen molar-refractivity contribution in [3.63, 3.8) is 0 Å². The molecule has 0 bridgehead atoms. The van der Waals surface area contributed by atoms with Gasteiger partial charge in [0.25, 0.3) is 0 Å². The summed E-state index contributed by atoms with van der Waals surface area (Å²) < 4.78 is 2.88. The van der Waals surface area contributed by atoms with Gasteiger partial charge in [-0.2, -0.15) is 0 Å². The van der Waals surface area contributed by atoms with Crippen molar-refractivity contribution in [3.05, 3.63) is 77.3 Å². The molecule has 32 heavy (non-hydrogen) atoms. The number of nitrogens with zero attached hydrogens (tertiary/aromatic N) is 3. The van der Waals surface area contributed by atoms with E-state index in [0.29, 0.717) is 18.0 Å². The van der Waals surface area contributed by atoms with Gasteiger partial charge in [0.15, 0.2) is 0 Å². The van der Waals surface area contributed by atoms with E-state index in [1.54, 1.807) is 23.6 Å². The zero-order valence-electron chi connectivity index (χ0n) is 18.2. The summed E-state index contributed by atoms with van der Waals surface area (Å²) in [6.07, 6.45) is 4.04. The lowest BCUT2D eigenvalue weighted by Gasteiger charge is -2.19. The maximum atomic E-state index is 12.7. The van der Waals surface area contributed by atoms with E-state index in [1.807, 2.05) is 60.3 Å².